The van der Waals surface area contributed by atoms with E-state index in [4.69, 9.17) is 21.7 Å². The lowest BCUT2D eigenvalue weighted by Crippen LogP contribution is -2.34. The molecule has 3 aromatic carbocycles. The topological polar surface area (TPSA) is 59.6 Å². The van der Waals surface area contributed by atoms with Crippen LogP contribution in [0.25, 0.3) is 0 Å². The zero-order valence-electron chi connectivity index (χ0n) is 16.1. The Kier molecular flexibility index (Phi) is 7.19. The summed E-state index contributed by atoms with van der Waals surface area (Å²) in [6.45, 7) is 0.601. The average molecular weight is 407 g/mol. The lowest BCUT2D eigenvalue weighted by Gasteiger charge is -2.12. The number of methoxy groups -OCH3 is 1. The van der Waals surface area contributed by atoms with Crippen molar-refractivity contribution < 1.29 is 14.3 Å². The second kappa shape index (κ2) is 10.2. The molecule has 0 saturated carbocycles. The molecule has 3 rings (SSSR count). The van der Waals surface area contributed by atoms with Crippen molar-refractivity contribution >= 4 is 28.9 Å². The molecule has 0 saturated heterocycles. The number of hydrogen-bond donors (Lipinski definition) is 2. The quantitative estimate of drug-likeness (QED) is 0.568. The molecule has 0 aromatic heterocycles. The third-order valence-electron chi connectivity index (χ3n) is 4.19. The standard InChI is InChI=1S/C23H22N2O3S/c1-27-21-10-6-5-9-20(21)22(26)25-23(29)24-18-11-13-19(14-12-18)28-16-15-17-7-3-2-4-8-17/h2-14H,15-16H2,1H3,(H2,24,25,26,29). The highest BCUT2D eigenvalue weighted by Crippen LogP contribution is 2.18. The molecule has 0 radical (unpaired) electrons. The SMILES string of the molecule is COc1ccccc1C(=O)NC(=S)Nc1ccc(OCCc2ccccc2)cc1. The van der Waals surface area contributed by atoms with Gasteiger partial charge in [-0.25, -0.2) is 0 Å². The molecule has 29 heavy (non-hydrogen) atoms. The molecule has 3 aromatic rings. The zero-order chi connectivity index (χ0) is 20.5. The summed E-state index contributed by atoms with van der Waals surface area (Å²) in [7, 11) is 1.52. The van der Waals surface area contributed by atoms with Crippen molar-refractivity contribution in [1.29, 1.82) is 0 Å². The molecule has 0 heterocycles. The summed E-state index contributed by atoms with van der Waals surface area (Å²) in [6.07, 6.45) is 0.847. The number of para-hydroxylation sites is 1. The number of amides is 1. The van der Waals surface area contributed by atoms with E-state index in [-0.39, 0.29) is 11.0 Å². The van der Waals surface area contributed by atoms with Crippen molar-refractivity contribution in [3.8, 4) is 11.5 Å². The van der Waals surface area contributed by atoms with Gasteiger partial charge in [-0.3, -0.25) is 10.1 Å². The molecule has 5 nitrogen and oxygen atoms in total. The van der Waals surface area contributed by atoms with E-state index in [0.29, 0.717) is 17.9 Å². The summed E-state index contributed by atoms with van der Waals surface area (Å²) < 4.78 is 11.0. The molecule has 0 unspecified atom stereocenters. The van der Waals surface area contributed by atoms with Gasteiger partial charge in [0.25, 0.3) is 5.91 Å². The number of anilines is 1. The highest BCUT2D eigenvalue weighted by molar-refractivity contribution is 7.80. The van der Waals surface area contributed by atoms with Crippen LogP contribution in [0.2, 0.25) is 0 Å². The molecule has 0 bridgehead atoms. The fourth-order valence-electron chi connectivity index (χ4n) is 2.73. The summed E-state index contributed by atoms with van der Waals surface area (Å²) in [6, 6.07) is 24.6. The maximum Gasteiger partial charge on any atom is 0.261 e. The van der Waals surface area contributed by atoms with E-state index in [0.717, 1.165) is 17.9 Å². The molecule has 148 valence electrons. The fourth-order valence-corrected chi connectivity index (χ4v) is 2.94. The first-order valence-corrected chi connectivity index (χ1v) is 9.58. The van der Waals surface area contributed by atoms with E-state index in [9.17, 15) is 4.79 Å². The first-order chi connectivity index (χ1) is 14.2. The maximum atomic E-state index is 12.4. The van der Waals surface area contributed by atoms with Gasteiger partial charge in [-0.15, -0.1) is 0 Å². The van der Waals surface area contributed by atoms with Crippen LogP contribution in [-0.4, -0.2) is 24.7 Å². The molecule has 0 aliphatic heterocycles. The van der Waals surface area contributed by atoms with Gasteiger partial charge in [-0.1, -0.05) is 42.5 Å². The van der Waals surface area contributed by atoms with Crippen LogP contribution < -0.4 is 20.1 Å². The minimum absolute atomic E-state index is 0.207. The molecule has 0 aliphatic rings. The van der Waals surface area contributed by atoms with E-state index >= 15 is 0 Å². The van der Waals surface area contributed by atoms with Gasteiger partial charge in [-0.2, -0.15) is 0 Å². The number of carbonyl (C=O) groups excluding carboxylic acids is 1. The van der Waals surface area contributed by atoms with Crippen molar-refractivity contribution in [2.75, 3.05) is 19.0 Å². The van der Waals surface area contributed by atoms with Gasteiger partial charge < -0.3 is 14.8 Å². The lowest BCUT2D eigenvalue weighted by molar-refractivity contribution is 0.0975. The van der Waals surface area contributed by atoms with E-state index in [1.165, 1.54) is 12.7 Å². The normalized spacial score (nSPS) is 10.1. The number of benzene rings is 3. The monoisotopic (exact) mass is 406 g/mol. The molecule has 6 heteroatoms. The van der Waals surface area contributed by atoms with Gasteiger partial charge in [0.2, 0.25) is 0 Å². The second-order valence-corrected chi connectivity index (χ2v) is 6.63. The third-order valence-corrected chi connectivity index (χ3v) is 4.40. The van der Waals surface area contributed by atoms with Gasteiger partial charge in [0, 0.05) is 12.1 Å². The number of thiocarbonyl (C=S) groups is 1. The van der Waals surface area contributed by atoms with Gasteiger partial charge in [0.15, 0.2) is 5.11 Å². The Balaban J connectivity index is 1.48. The summed E-state index contributed by atoms with van der Waals surface area (Å²) in [4.78, 5) is 12.4. The Morgan fingerprint density at radius 3 is 2.34 bits per heavy atom. The van der Waals surface area contributed by atoms with E-state index in [2.05, 4.69) is 22.8 Å². The van der Waals surface area contributed by atoms with Crippen LogP contribution in [0.1, 0.15) is 15.9 Å². The van der Waals surface area contributed by atoms with Crippen molar-refractivity contribution in [3.05, 3.63) is 90.0 Å². The smallest absolute Gasteiger partial charge is 0.261 e. The highest BCUT2D eigenvalue weighted by Gasteiger charge is 2.12. The largest absolute Gasteiger partial charge is 0.496 e. The summed E-state index contributed by atoms with van der Waals surface area (Å²) in [5.41, 5.74) is 2.41. The van der Waals surface area contributed by atoms with Crippen molar-refractivity contribution in [2.24, 2.45) is 0 Å². The van der Waals surface area contributed by atoms with E-state index < -0.39 is 0 Å². The van der Waals surface area contributed by atoms with Crippen molar-refractivity contribution in [2.45, 2.75) is 6.42 Å². The summed E-state index contributed by atoms with van der Waals surface area (Å²) in [5.74, 6) is 0.932. The fraction of sp³-hybridized carbons (Fsp3) is 0.130. The Hall–Kier alpha value is -3.38. The number of nitrogens with one attached hydrogen (secondary N) is 2. The Morgan fingerprint density at radius 2 is 1.62 bits per heavy atom. The molecule has 0 atom stereocenters. The van der Waals surface area contributed by atoms with Gasteiger partial charge >= 0.3 is 0 Å². The highest BCUT2D eigenvalue weighted by atomic mass is 32.1. The lowest BCUT2D eigenvalue weighted by atomic mass is 10.2. The van der Waals surface area contributed by atoms with E-state index in [1.54, 1.807) is 24.3 Å². The predicted octanol–water partition coefficient (Wildman–Crippen LogP) is 4.44. The number of hydrogen-bond acceptors (Lipinski definition) is 4. The molecule has 0 aliphatic carbocycles. The average Bonchev–Trinajstić information content (AvgIpc) is 2.75. The molecule has 0 fully saturated rings. The molecular formula is C23H22N2O3S. The van der Waals surface area contributed by atoms with E-state index in [1.807, 2.05) is 42.5 Å². The van der Waals surface area contributed by atoms with Gasteiger partial charge in [-0.05, 0) is 54.2 Å². The van der Waals surface area contributed by atoms with Crippen LogP contribution >= 0.6 is 12.2 Å². The van der Waals surface area contributed by atoms with Crippen LogP contribution in [0.5, 0.6) is 11.5 Å². The number of ether oxygens (including phenoxy) is 2. The van der Waals surface area contributed by atoms with Crippen molar-refractivity contribution in [3.63, 3.8) is 0 Å². The molecular weight excluding hydrogens is 384 g/mol. The summed E-state index contributed by atoms with van der Waals surface area (Å²) in [5, 5.41) is 5.86. The molecule has 1 amide bonds. The Morgan fingerprint density at radius 1 is 0.931 bits per heavy atom. The Bertz CT molecular complexity index is 959. The van der Waals surface area contributed by atoms with Crippen LogP contribution in [0, 0.1) is 0 Å². The first kappa shape index (κ1) is 20.4. The van der Waals surface area contributed by atoms with Gasteiger partial charge in [0.1, 0.15) is 11.5 Å². The first-order valence-electron chi connectivity index (χ1n) is 9.18. The molecule has 0 spiro atoms. The van der Waals surface area contributed by atoms with Crippen LogP contribution in [0.15, 0.2) is 78.9 Å². The van der Waals surface area contributed by atoms with Crippen LogP contribution in [0.4, 0.5) is 5.69 Å². The summed E-state index contributed by atoms with van der Waals surface area (Å²) >= 11 is 5.23. The molecule has 2 N–H and O–H groups in total. The zero-order valence-corrected chi connectivity index (χ0v) is 16.9. The van der Waals surface area contributed by atoms with Crippen LogP contribution in [0.3, 0.4) is 0 Å². The Labute approximate surface area is 175 Å². The third kappa shape index (κ3) is 6.05. The van der Waals surface area contributed by atoms with Crippen LogP contribution in [-0.2, 0) is 6.42 Å². The number of rotatable bonds is 7. The van der Waals surface area contributed by atoms with Gasteiger partial charge in [0.05, 0.1) is 19.3 Å². The second-order valence-electron chi connectivity index (χ2n) is 6.22. The number of carbonyl (C=O) groups is 1. The van der Waals surface area contributed by atoms with Crippen molar-refractivity contribution in [1.82, 2.24) is 5.32 Å². The predicted molar refractivity (Wildman–Crippen MR) is 119 cm³/mol. The maximum absolute atomic E-state index is 12.4. The minimum Gasteiger partial charge on any atom is -0.496 e. The minimum atomic E-state index is -0.333.